The maximum atomic E-state index is 13.1. The zero-order chi connectivity index (χ0) is 18.2. The number of benzene rings is 1. The quantitative estimate of drug-likeness (QED) is 0.837. The minimum Gasteiger partial charge on any atom is -0.372 e. The number of carbonyl (C=O) groups excluding carboxylic acids is 1. The number of carbonyl (C=O) groups is 1. The molecule has 1 aromatic heterocycles. The van der Waals surface area contributed by atoms with Gasteiger partial charge in [-0.3, -0.25) is 4.79 Å². The van der Waals surface area contributed by atoms with Crippen molar-refractivity contribution in [3.8, 4) is 11.5 Å². The molecule has 0 saturated carbocycles. The van der Waals surface area contributed by atoms with Crippen molar-refractivity contribution < 1.29 is 14.1 Å². The molecule has 0 bridgehead atoms. The van der Waals surface area contributed by atoms with Gasteiger partial charge in [0.1, 0.15) is 0 Å². The van der Waals surface area contributed by atoms with Gasteiger partial charge in [-0.1, -0.05) is 38.1 Å². The van der Waals surface area contributed by atoms with Crippen LogP contribution in [-0.4, -0.2) is 46.2 Å². The largest absolute Gasteiger partial charge is 0.372 e. The Morgan fingerprint density at radius 1 is 1.16 bits per heavy atom. The van der Waals surface area contributed by atoms with Crippen LogP contribution in [0, 0.1) is 0 Å². The fourth-order valence-electron chi connectivity index (χ4n) is 3.01. The molecule has 1 aliphatic rings. The molecule has 1 amide bonds. The smallest absolute Gasteiger partial charge is 0.258 e. The van der Waals surface area contributed by atoms with Gasteiger partial charge in [-0.25, -0.2) is 0 Å². The third kappa shape index (κ3) is 3.74. The zero-order valence-electron chi connectivity index (χ0n) is 15.4. The normalized spacial score (nSPS) is 21.4. The minimum absolute atomic E-state index is 0.0239. The summed E-state index contributed by atoms with van der Waals surface area (Å²) >= 11 is 0. The van der Waals surface area contributed by atoms with Crippen LogP contribution in [0.3, 0.4) is 0 Å². The molecule has 0 aliphatic carbocycles. The number of rotatable bonds is 2. The Morgan fingerprint density at radius 3 is 2.40 bits per heavy atom. The standard InChI is InChI=1S/C19H25N3O3/c1-12-10-22(11-13(2)24-12)17(23)15-9-7-6-8-14(15)16-20-18(21-25-16)19(3,4)5/h6-9,12-13H,10-11H2,1-5H3. The van der Waals surface area contributed by atoms with E-state index in [1.54, 1.807) is 0 Å². The summed E-state index contributed by atoms with van der Waals surface area (Å²) in [5.74, 6) is 0.967. The minimum atomic E-state index is -0.213. The van der Waals surface area contributed by atoms with Crippen LogP contribution in [0.1, 0.15) is 50.8 Å². The van der Waals surface area contributed by atoms with E-state index in [-0.39, 0.29) is 23.5 Å². The molecule has 6 heteroatoms. The highest BCUT2D eigenvalue weighted by molar-refractivity contribution is 6.00. The molecule has 2 heterocycles. The summed E-state index contributed by atoms with van der Waals surface area (Å²) in [7, 11) is 0. The average molecular weight is 343 g/mol. The van der Waals surface area contributed by atoms with Gasteiger partial charge >= 0.3 is 0 Å². The molecule has 1 saturated heterocycles. The Morgan fingerprint density at radius 2 is 1.80 bits per heavy atom. The summed E-state index contributed by atoms with van der Waals surface area (Å²) in [5.41, 5.74) is 1.03. The van der Waals surface area contributed by atoms with Crippen molar-refractivity contribution in [1.82, 2.24) is 15.0 Å². The van der Waals surface area contributed by atoms with Gasteiger partial charge in [0.15, 0.2) is 5.82 Å². The van der Waals surface area contributed by atoms with Crippen LogP contribution in [0.4, 0.5) is 0 Å². The van der Waals surface area contributed by atoms with Crippen LogP contribution in [0.5, 0.6) is 0 Å². The Bertz CT molecular complexity index is 753. The summed E-state index contributed by atoms with van der Waals surface area (Å²) < 4.78 is 11.2. The lowest BCUT2D eigenvalue weighted by atomic mass is 9.96. The molecular weight excluding hydrogens is 318 g/mol. The number of hydrogen-bond donors (Lipinski definition) is 0. The fraction of sp³-hybridized carbons (Fsp3) is 0.526. The van der Waals surface area contributed by atoms with E-state index in [0.29, 0.717) is 35.9 Å². The highest BCUT2D eigenvalue weighted by Crippen LogP contribution is 2.27. The van der Waals surface area contributed by atoms with Gasteiger partial charge in [0.2, 0.25) is 0 Å². The molecule has 1 aromatic carbocycles. The summed E-state index contributed by atoms with van der Waals surface area (Å²) in [6, 6.07) is 7.38. The Balaban J connectivity index is 1.93. The van der Waals surface area contributed by atoms with E-state index >= 15 is 0 Å². The van der Waals surface area contributed by atoms with Gasteiger partial charge < -0.3 is 14.2 Å². The Hall–Kier alpha value is -2.21. The van der Waals surface area contributed by atoms with Crippen LogP contribution in [0.15, 0.2) is 28.8 Å². The van der Waals surface area contributed by atoms with Crippen molar-refractivity contribution in [1.29, 1.82) is 0 Å². The second kappa shape index (κ2) is 6.59. The Labute approximate surface area is 148 Å². The number of hydrogen-bond acceptors (Lipinski definition) is 5. The van der Waals surface area contributed by atoms with E-state index in [4.69, 9.17) is 9.26 Å². The van der Waals surface area contributed by atoms with Crippen LogP contribution in [0.2, 0.25) is 0 Å². The van der Waals surface area contributed by atoms with Gasteiger partial charge in [0, 0.05) is 18.5 Å². The monoisotopic (exact) mass is 343 g/mol. The first kappa shape index (κ1) is 17.6. The Kier molecular flexibility index (Phi) is 4.64. The van der Waals surface area contributed by atoms with E-state index in [9.17, 15) is 4.79 Å². The molecule has 2 aromatic rings. The van der Waals surface area contributed by atoms with Crippen LogP contribution < -0.4 is 0 Å². The lowest BCUT2D eigenvalue weighted by Crippen LogP contribution is -2.48. The molecule has 0 N–H and O–H groups in total. The summed E-state index contributed by atoms with van der Waals surface area (Å²) in [5, 5.41) is 4.07. The van der Waals surface area contributed by atoms with Crippen molar-refractivity contribution in [3.63, 3.8) is 0 Å². The van der Waals surface area contributed by atoms with Crippen molar-refractivity contribution in [2.75, 3.05) is 13.1 Å². The van der Waals surface area contributed by atoms with Gasteiger partial charge in [-0.2, -0.15) is 4.98 Å². The van der Waals surface area contributed by atoms with Crippen molar-refractivity contribution in [2.24, 2.45) is 0 Å². The van der Waals surface area contributed by atoms with Crippen LogP contribution >= 0.6 is 0 Å². The lowest BCUT2D eigenvalue weighted by molar-refractivity contribution is -0.0586. The molecule has 3 rings (SSSR count). The van der Waals surface area contributed by atoms with Gasteiger partial charge in [0.25, 0.3) is 11.8 Å². The van der Waals surface area contributed by atoms with E-state index < -0.39 is 0 Å². The van der Waals surface area contributed by atoms with Crippen molar-refractivity contribution >= 4 is 5.91 Å². The second-order valence-corrected chi connectivity index (χ2v) is 7.69. The molecule has 25 heavy (non-hydrogen) atoms. The third-order valence-corrected chi connectivity index (χ3v) is 4.19. The summed E-state index contributed by atoms with van der Waals surface area (Å²) in [6.45, 7) is 11.2. The molecule has 1 fully saturated rings. The average Bonchev–Trinajstić information content (AvgIpc) is 3.03. The third-order valence-electron chi connectivity index (χ3n) is 4.19. The molecule has 0 spiro atoms. The first-order valence-electron chi connectivity index (χ1n) is 8.64. The number of ether oxygens (including phenoxy) is 1. The zero-order valence-corrected chi connectivity index (χ0v) is 15.4. The maximum Gasteiger partial charge on any atom is 0.258 e. The highest BCUT2D eigenvalue weighted by Gasteiger charge is 2.29. The summed E-state index contributed by atoms with van der Waals surface area (Å²) in [6.07, 6.45) is 0.0477. The predicted molar refractivity (Wildman–Crippen MR) is 94.3 cm³/mol. The van der Waals surface area contributed by atoms with Crippen LogP contribution in [-0.2, 0) is 10.2 Å². The van der Waals surface area contributed by atoms with E-state index in [1.807, 2.05) is 63.8 Å². The van der Waals surface area contributed by atoms with Crippen molar-refractivity contribution in [3.05, 3.63) is 35.7 Å². The number of aromatic nitrogens is 2. The molecule has 2 atom stereocenters. The number of nitrogens with zero attached hydrogens (tertiary/aromatic N) is 3. The number of amides is 1. The van der Waals surface area contributed by atoms with E-state index in [0.717, 1.165) is 0 Å². The van der Waals surface area contributed by atoms with Gasteiger partial charge in [-0.05, 0) is 26.0 Å². The van der Waals surface area contributed by atoms with Gasteiger partial charge in [-0.15, -0.1) is 0 Å². The van der Waals surface area contributed by atoms with E-state index in [2.05, 4.69) is 10.1 Å². The molecule has 1 aliphatic heterocycles. The number of morpholine rings is 1. The topological polar surface area (TPSA) is 68.5 Å². The first-order valence-corrected chi connectivity index (χ1v) is 8.64. The van der Waals surface area contributed by atoms with E-state index in [1.165, 1.54) is 0 Å². The molecular formula is C19H25N3O3. The fourth-order valence-corrected chi connectivity index (χ4v) is 3.01. The predicted octanol–water partition coefficient (Wildman–Crippen LogP) is 3.28. The SMILES string of the molecule is CC1CN(C(=O)c2ccccc2-c2nc(C(C)(C)C)no2)CC(C)O1. The lowest BCUT2D eigenvalue weighted by Gasteiger charge is -2.35. The van der Waals surface area contributed by atoms with Crippen LogP contribution in [0.25, 0.3) is 11.5 Å². The highest BCUT2D eigenvalue weighted by atomic mass is 16.5. The maximum absolute atomic E-state index is 13.1. The summed E-state index contributed by atoms with van der Waals surface area (Å²) in [4.78, 5) is 19.4. The molecule has 134 valence electrons. The van der Waals surface area contributed by atoms with Crippen molar-refractivity contribution in [2.45, 2.75) is 52.2 Å². The molecule has 2 unspecified atom stereocenters. The van der Waals surface area contributed by atoms with Gasteiger partial charge in [0.05, 0.1) is 23.3 Å². The second-order valence-electron chi connectivity index (χ2n) is 7.69. The molecule has 6 nitrogen and oxygen atoms in total. The molecule has 0 radical (unpaired) electrons. The first-order chi connectivity index (χ1) is 11.8.